The summed E-state index contributed by atoms with van der Waals surface area (Å²) in [6.45, 7) is 8.02. The van der Waals surface area contributed by atoms with Crippen LogP contribution in [-0.2, 0) is 0 Å². The smallest absolute Gasteiger partial charge is 0.387 e. The van der Waals surface area contributed by atoms with Crippen molar-refractivity contribution in [2.45, 2.75) is 45.9 Å². The van der Waals surface area contributed by atoms with Gasteiger partial charge in [-0.2, -0.15) is 8.78 Å². The normalized spacial score (nSPS) is 18.6. The molecule has 0 bridgehead atoms. The number of benzene rings is 1. The topological polar surface area (TPSA) is 52.1 Å². The van der Waals surface area contributed by atoms with Crippen LogP contribution >= 0.6 is 0 Å². The predicted molar refractivity (Wildman–Crippen MR) is 111 cm³/mol. The lowest BCUT2D eigenvalue weighted by Crippen LogP contribution is -2.49. The number of halogens is 2. The van der Waals surface area contributed by atoms with E-state index in [-0.39, 0.29) is 11.8 Å². The maximum Gasteiger partial charge on any atom is 0.387 e. The Labute approximate surface area is 166 Å². The third-order valence-corrected chi connectivity index (χ3v) is 5.18. The molecule has 0 aromatic heterocycles. The molecule has 1 aliphatic rings. The maximum absolute atomic E-state index is 12.7. The van der Waals surface area contributed by atoms with Crippen molar-refractivity contribution in [3.8, 4) is 5.75 Å². The molecule has 1 aromatic rings. The number of anilines is 1. The molecule has 8 heteroatoms. The number of alkyl halides is 2. The highest BCUT2D eigenvalue weighted by Gasteiger charge is 2.26. The van der Waals surface area contributed by atoms with Crippen molar-refractivity contribution >= 4 is 11.6 Å². The Bertz CT molecular complexity index is 624. The van der Waals surface area contributed by atoms with Crippen LogP contribution in [0.2, 0.25) is 0 Å². The van der Waals surface area contributed by atoms with E-state index in [9.17, 15) is 8.78 Å². The summed E-state index contributed by atoms with van der Waals surface area (Å²) in [5, 5.41) is 6.84. The summed E-state index contributed by atoms with van der Waals surface area (Å²) in [7, 11) is 1.76. The summed E-state index contributed by atoms with van der Waals surface area (Å²) in [6, 6.07) is 7.54. The van der Waals surface area contributed by atoms with Crippen LogP contribution in [0.15, 0.2) is 29.3 Å². The van der Waals surface area contributed by atoms with Gasteiger partial charge in [0.2, 0.25) is 0 Å². The van der Waals surface area contributed by atoms with E-state index in [1.807, 2.05) is 12.1 Å². The highest BCUT2D eigenvalue weighted by Crippen LogP contribution is 2.31. The molecule has 1 heterocycles. The number of likely N-dealkylation sites (N-methyl/N-ethyl adjacent to an activating group) is 1. The summed E-state index contributed by atoms with van der Waals surface area (Å²) >= 11 is 0. The molecule has 2 atom stereocenters. The summed E-state index contributed by atoms with van der Waals surface area (Å²) in [5.41, 5.74) is 0.699. The standard InChI is InChI=1S/C20H33F2N5O/c1-5-26(6-2)15(3)13-24-20(23-4)25-16-11-12-27(14-16)17-9-7-8-10-18(17)28-19(21)22/h7-10,15-16,19H,5-6,11-14H2,1-4H3,(H2,23,24,25). The van der Waals surface area contributed by atoms with Gasteiger partial charge in [0.25, 0.3) is 0 Å². The lowest BCUT2D eigenvalue weighted by Gasteiger charge is -2.27. The van der Waals surface area contributed by atoms with Crippen molar-refractivity contribution in [1.29, 1.82) is 0 Å². The second-order valence-electron chi connectivity index (χ2n) is 6.95. The Morgan fingerprint density at radius 1 is 1.32 bits per heavy atom. The Morgan fingerprint density at radius 2 is 2.04 bits per heavy atom. The Morgan fingerprint density at radius 3 is 2.68 bits per heavy atom. The number of guanidine groups is 1. The maximum atomic E-state index is 12.7. The number of ether oxygens (including phenoxy) is 1. The fourth-order valence-electron chi connectivity index (χ4n) is 3.62. The summed E-state index contributed by atoms with van der Waals surface area (Å²) < 4.78 is 30.0. The predicted octanol–water partition coefficient (Wildman–Crippen LogP) is 2.76. The van der Waals surface area contributed by atoms with Gasteiger partial charge in [-0.15, -0.1) is 0 Å². The number of hydrogen-bond acceptors (Lipinski definition) is 4. The van der Waals surface area contributed by atoms with Crippen LogP contribution < -0.4 is 20.3 Å². The summed E-state index contributed by atoms with van der Waals surface area (Å²) in [4.78, 5) is 8.78. The van der Waals surface area contributed by atoms with Crippen LogP contribution in [0.25, 0.3) is 0 Å². The van der Waals surface area contributed by atoms with Crippen LogP contribution in [0, 0.1) is 0 Å². The van der Waals surface area contributed by atoms with Gasteiger partial charge < -0.3 is 20.3 Å². The fourth-order valence-corrected chi connectivity index (χ4v) is 3.62. The van der Waals surface area contributed by atoms with Crippen LogP contribution in [-0.4, -0.2) is 69.3 Å². The van der Waals surface area contributed by atoms with E-state index < -0.39 is 6.61 Å². The Kier molecular flexibility index (Phi) is 8.76. The second-order valence-corrected chi connectivity index (χ2v) is 6.95. The average Bonchev–Trinajstić information content (AvgIpc) is 3.14. The molecule has 0 spiro atoms. The summed E-state index contributed by atoms with van der Waals surface area (Å²) in [5.74, 6) is 0.983. The number of nitrogens with one attached hydrogen (secondary N) is 2. The molecular formula is C20H33F2N5O. The van der Waals surface area contributed by atoms with Gasteiger partial charge in [-0.1, -0.05) is 26.0 Å². The number of hydrogen-bond donors (Lipinski definition) is 2. The fraction of sp³-hybridized carbons (Fsp3) is 0.650. The summed E-state index contributed by atoms with van der Waals surface area (Å²) in [6.07, 6.45) is 0.898. The molecule has 0 saturated carbocycles. The first-order valence-corrected chi connectivity index (χ1v) is 9.98. The van der Waals surface area contributed by atoms with E-state index in [1.54, 1.807) is 19.2 Å². The molecule has 1 fully saturated rings. The quantitative estimate of drug-likeness (QED) is 0.496. The van der Waals surface area contributed by atoms with E-state index in [0.29, 0.717) is 18.3 Å². The zero-order chi connectivity index (χ0) is 20.5. The van der Waals surface area contributed by atoms with Crippen molar-refractivity contribution in [3.63, 3.8) is 0 Å². The van der Waals surface area contributed by atoms with Crippen molar-refractivity contribution in [2.75, 3.05) is 44.7 Å². The van der Waals surface area contributed by atoms with Crippen LogP contribution in [0.1, 0.15) is 27.2 Å². The SMILES string of the molecule is CCN(CC)C(C)CNC(=NC)NC1CCN(c2ccccc2OC(F)F)C1. The first-order chi connectivity index (χ1) is 13.5. The molecule has 2 N–H and O–H groups in total. The zero-order valence-electron chi connectivity index (χ0n) is 17.3. The lowest BCUT2D eigenvalue weighted by atomic mass is 10.2. The molecule has 1 aliphatic heterocycles. The first-order valence-electron chi connectivity index (χ1n) is 9.98. The van der Waals surface area contributed by atoms with Gasteiger partial charge in [-0.3, -0.25) is 9.89 Å². The van der Waals surface area contributed by atoms with Gasteiger partial charge in [0.05, 0.1) is 5.69 Å². The van der Waals surface area contributed by atoms with E-state index in [1.165, 1.54) is 0 Å². The minimum absolute atomic E-state index is 0.189. The van der Waals surface area contributed by atoms with Crippen molar-refractivity contribution in [3.05, 3.63) is 24.3 Å². The van der Waals surface area contributed by atoms with Crippen LogP contribution in [0.3, 0.4) is 0 Å². The highest BCUT2D eigenvalue weighted by atomic mass is 19.3. The molecule has 6 nitrogen and oxygen atoms in total. The second kappa shape index (κ2) is 11.0. The van der Waals surface area contributed by atoms with Gasteiger partial charge in [0, 0.05) is 38.8 Å². The Balaban J connectivity index is 1.90. The van der Waals surface area contributed by atoms with Gasteiger partial charge in [0.1, 0.15) is 5.75 Å². The van der Waals surface area contributed by atoms with Gasteiger partial charge in [-0.05, 0) is 38.6 Å². The monoisotopic (exact) mass is 397 g/mol. The van der Waals surface area contributed by atoms with E-state index >= 15 is 0 Å². The molecule has 158 valence electrons. The number of para-hydroxylation sites is 2. The van der Waals surface area contributed by atoms with Crippen molar-refractivity contribution in [1.82, 2.24) is 15.5 Å². The highest BCUT2D eigenvalue weighted by molar-refractivity contribution is 5.80. The number of rotatable bonds is 9. The first kappa shape index (κ1) is 22.2. The van der Waals surface area contributed by atoms with Crippen molar-refractivity contribution < 1.29 is 13.5 Å². The van der Waals surface area contributed by atoms with Gasteiger partial charge in [0.15, 0.2) is 5.96 Å². The Hall–Kier alpha value is -2.09. The number of nitrogens with zero attached hydrogens (tertiary/aromatic N) is 3. The lowest BCUT2D eigenvalue weighted by molar-refractivity contribution is -0.0495. The van der Waals surface area contributed by atoms with Gasteiger partial charge >= 0.3 is 6.61 Å². The number of aliphatic imine (C=N–C) groups is 1. The minimum atomic E-state index is -2.83. The van der Waals surface area contributed by atoms with E-state index in [0.717, 1.165) is 38.6 Å². The molecule has 0 aliphatic carbocycles. The molecule has 28 heavy (non-hydrogen) atoms. The minimum Gasteiger partial charge on any atom is -0.433 e. The van der Waals surface area contributed by atoms with E-state index in [4.69, 9.17) is 0 Å². The molecule has 2 unspecified atom stereocenters. The molecule has 0 radical (unpaired) electrons. The zero-order valence-corrected chi connectivity index (χ0v) is 17.3. The third kappa shape index (κ3) is 6.22. The molecule has 0 amide bonds. The molecule has 1 aromatic carbocycles. The average molecular weight is 398 g/mol. The van der Waals surface area contributed by atoms with Crippen LogP contribution in [0.4, 0.5) is 14.5 Å². The van der Waals surface area contributed by atoms with Crippen LogP contribution in [0.5, 0.6) is 5.75 Å². The molecule has 1 saturated heterocycles. The van der Waals surface area contributed by atoms with Crippen molar-refractivity contribution in [2.24, 2.45) is 4.99 Å². The largest absolute Gasteiger partial charge is 0.433 e. The third-order valence-electron chi connectivity index (χ3n) is 5.18. The molecular weight excluding hydrogens is 364 g/mol. The van der Waals surface area contributed by atoms with Gasteiger partial charge in [-0.25, -0.2) is 0 Å². The molecule has 2 rings (SSSR count). The van der Waals surface area contributed by atoms with E-state index in [2.05, 4.69) is 50.9 Å².